The molecule has 0 unspecified atom stereocenters. The Morgan fingerprint density at radius 3 is 2.92 bits per heavy atom. The Bertz CT molecular complexity index is 906. The number of hydrogen-bond acceptors (Lipinski definition) is 3. The maximum atomic E-state index is 13.2. The average molecular weight is 339 g/mol. The normalized spacial score (nSPS) is 20.3. The van der Waals surface area contributed by atoms with Gasteiger partial charge < -0.3 is 15.0 Å². The molecule has 1 aromatic carbocycles. The second-order valence-corrected chi connectivity index (χ2v) is 6.39. The third-order valence-electron chi connectivity index (χ3n) is 4.73. The number of nitrogens with one attached hydrogen (secondary N) is 1. The molecule has 128 valence electrons. The highest BCUT2D eigenvalue weighted by Gasteiger charge is 2.35. The van der Waals surface area contributed by atoms with Gasteiger partial charge in [0.05, 0.1) is 18.6 Å². The van der Waals surface area contributed by atoms with Gasteiger partial charge in [0, 0.05) is 24.3 Å². The van der Waals surface area contributed by atoms with E-state index in [2.05, 4.69) is 9.97 Å². The molecule has 5 nitrogen and oxygen atoms in total. The molecule has 2 atom stereocenters. The van der Waals surface area contributed by atoms with Gasteiger partial charge in [-0.05, 0) is 41.8 Å². The maximum Gasteiger partial charge on any atom is 0.227 e. The molecule has 6 heteroatoms. The van der Waals surface area contributed by atoms with Crippen LogP contribution in [-0.2, 0) is 11.2 Å². The third-order valence-corrected chi connectivity index (χ3v) is 4.73. The number of carbonyl (C=O) groups is 1. The number of H-pyrrole nitrogens is 1. The summed E-state index contributed by atoms with van der Waals surface area (Å²) in [4.78, 5) is 21.8. The van der Waals surface area contributed by atoms with Crippen LogP contribution in [0.5, 0.6) is 0 Å². The van der Waals surface area contributed by atoms with E-state index >= 15 is 0 Å². The zero-order valence-electron chi connectivity index (χ0n) is 13.5. The van der Waals surface area contributed by atoms with Gasteiger partial charge in [0.1, 0.15) is 11.5 Å². The summed E-state index contributed by atoms with van der Waals surface area (Å²) in [5.74, 6) is -0.373. The summed E-state index contributed by atoms with van der Waals surface area (Å²) in [6, 6.07) is 9.65. The van der Waals surface area contributed by atoms with Crippen molar-refractivity contribution in [1.29, 1.82) is 0 Å². The quantitative estimate of drug-likeness (QED) is 0.771. The Labute approximate surface area is 144 Å². The summed E-state index contributed by atoms with van der Waals surface area (Å²) in [6.45, 7) is 0.293. The summed E-state index contributed by atoms with van der Waals surface area (Å²) in [5, 5.41) is 11.0. The number of aliphatic hydroxyl groups is 1. The summed E-state index contributed by atoms with van der Waals surface area (Å²) in [5.41, 5.74) is 2.47. The van der Waals surface area contributed by atoms with Crippen molar-refractivity contribution >= 4 is 16.9 Å². The van der Waals surface area contributed by atoms with Crippen LogP contribution in [0.2, 0.25) is 0 Å². The van der Waals surface area contributed by atoms with Gasteiger partial charge in [-0.25, -0.2) is 9.37 Å². The molecular formula is C19H18FN3O2. The molecule has 1 fully saturated rings. The number of pyridine rings is 1. The molecule has 2 aromatic heterocycles. The number of amides is 1. The van der Waals surface area contributed by atoms with Crippen molar-refractivity contribution in [2.75, 3.05) is 6.54 Å². The van der Waals surface area contributed by atoms with Crippen LogP contribution in [-0.4, -0.2) is 38.5 Å². The fourth-order valence-corrected chi connectivity index (χ4v) is 3.51. The van der Waals surface area contributed by atoms with Crippen LogP contribution in [0, 0.1) is 5.82 Å². The highest BCUT2D eigenvalue weighted by atomic mass is 19.1. The molecule has 3 aromatic rings. The highest BCUT2D eigenvalue weighted by molar-refractivity contribution is 5.87. The number of aromatic nitrogens is 2. The molecular weight excluding hydrogens is 321 g/mol. The van der Waals surface area contributed by atoms with Crippen molar-refractivity contribution in [2.45, 2.75) is 25.0 Å². The first kappa shape index (κ1) is 15.8. The lowest BCUT2D eigenvalue weighted by Crippen LogP contribution is -2.33. The van der Waals surface area contributed by atoms with Crippen LogP contribution >= 0.6 is 0 Å². The first-order valence-corrected chi connectivity index (χ1v) is 8.26. The van der Waals surface area contributed by atoms with Crippen LogP contribution < -0.4 is 0 Å². The molecule has 0 bridgehead atoms. The second-order valence-electron chi connectivity index (χ2n) is 6.39. The first-order chi connectivity index (χ1) is 12.1. The minimum atomic E-state index is -0.566. The number of carbonyl (C=O) groups excluding carboxylic acids is 1. The number of hydrogen-bond donors (Lipinski definition) is 2. The molecule has 4 rings (SSSR count). The molecule has 1 aliphatic heterocycles. The number of fused-ring (bicyclic) bond motifs is 1. The van der Waals surface area contributed by atoms with Crippen molar-refractivity contribution in [2.24, 2.45) is 0 Å². The standard InChI is InChI=1S/C19H18FN3O2/c20-14-5-3-12(4-6-14)17-9-15(24)11-23(17)18(25)8-13-10-22-19-16(13)2-1-7-21-19/h1-7,10,15,17,24H,8-9,11H2,(H,21,22)/t15-,17-/m0/s1. The lowest BCUT2D eigenvalue weighted by Gasteiger charge is -2.24. The van der Waals surface area contributed by atoms with E-state index in [0.29, 0.717) is 13.0 Å². The van der Waals surface area contributed by atoms with Gasteiger partial charge in [-0.15, -0.1) is 0 Å². The summed E-state index contributed by atoms with van der Waals surface area (Å²) < 4.78 is 13.2. The molecule has 0 aliphatic carbocycles. The predicted octanol–water partition coefficient (Wildman–Crippen LogP) is 2.58. The Kier molecular flexibility index (Phi) is 3.97. The zero-order valence-corrected chi connectivity index (χ0v) is 13.5. The van der Waals surface area contributed by atoms with Crippen molar-refractivity contribution in [3.63, 3.8) is 0 Å². The molecule has 3 heterocycles. The second kappa shape index (κ2) is 6.29. The Morgan fingerprint density at radius 1 is 1.32 bits per heavy atom. The lowest BCUT2D eigenvalue weighted by molar-refractivity contribution is -0.131. The predicted molar refractivity (Wildman–Crippen MR) is 91.3 cm³/mol. The monoisotopic (exact) mass is 339 g/mol. The van der Waals surface area contributed by atoms with Crippen LogP contribution in [0.25, 0.3) is 11.0 Å². The van der Waals surface area contributed by atoms with E-state index in [0.717, 1.165) is 22.2 Å². The van der Waals surface area contributed by atoms with E-state index in [1.165, 1.54) is 12.1 Å². The first-order valence-electron chi connectivity index (χ1n) is 8.26. The van der Waals surface area contributed by atoms with Crippen molar-refractivity contribution < 1.29 is 14.3 Å². The van der Waals surface area contributed by atoms with Crippen LogP contribution in [0.1, 0.15) is 23.6 Å². The van der Waals surface area contributed by atoms with E-state index in [1.807, 2.05) is 12.1 Å². The minimum Gasteiger partial charge on any atom is -0.391 e. The topological polar surface area (TPSA) is 69.2 Å². The molecule has 0 radical (unpaired) electrons. The number of halogens is 1. The molecule has 2 N–H and O–H groups in total. The lowest BCUT2D eigenvalue weighted by atomic mass is 10.0. The fourth-order valence-electron chi connectivity index (χ4n) is 3.51. The van der Waals surface area contributed by atoms with Gasteiger partial charge in [0.2, 0.25) is 5.91 Å². The Balaban J connectivity index is 1.58. The average Bonchev–Trinajstić information content (AvgIpc) is 3.20. The summed E-state index contributed by atoms with van der Waals surface area (Å²) in [6.07, 6.45) is 3.63. The zero-order chi connectivity index (χ0) is 17.4. The van der Waals surface area contributed by atoms with Gasteiger partial charge in [0.25, 0.3) is 0 Å². The molecule has 1 aliphatic rings. The summed E-state index contributed by atoms with van der Waals surface area (Å²) >= 11 is 0. The number of rotatable bonds is 3. The maximum absolute atomic E-state index is 13.2. The largest absolute Gasteiger partial charge is 0.391 e. The summed E-state index contributed by atoms with van der Waals surface area (Å²) in [7, 11) is 0. The fraction of sp³-hybridized carbons (Fsp3) is 0.263. The smallest absolute Gasteiger partial charge is 0.227 e. The number of aliphatic hydroxyl groups excluding tert-OH is 1. The van der Waals surface area contributed by atoms with Crippen molar-refractivity contribution in [3.05, 3.63) is 65.7 Å². The molecule has 25 heavy (non-hydrogen) atoms. The molecule has 0 saturated carbocycles. The minimum absolute atomic E-state index is 0.0596. The van der Waals surface area contributed by atoms with Crippen LogP contribution in [0.3, 0.4) is 0 Å². The number of likely N-dealkylation sites (tertiary alicyclic amines) is 1. The number of aromatic amines is 1. The van der Waals surface area contributed by atoms with Crippen molar-refractivity contribution in [3.8, 4) is 0 Å². The van der Waals surface area contributed by atoms with Gasteiger partial charge in [0.15, 0.2) is 0 Å². The van der Waals surface area contributed by atoms with Gasteiger partial charge in [-0.2, -0.15) is 0 Å². The SMILES string of the molecule is O=C(Cc1c[nH]c2ncccc12)N1C[C@@H](O)C[C@H]1c1ccc(F)cc1. The third kappa shape index (κ3) is 3.00. The van der Waals surface area contributed by atoms with Gasteiger partial charge in [-0.3, -0.25) is 4.79 Å². The van der Waals surface area contributed by atoms with Crippen LogP contribution in [0.15, 0.2) is 48.8 Å². The van der Waals surface area contributed by atoms with Crippen molar-refractivity contribution in [1.82, 2.24) is 14.9 Å². The van der Waals surface area contributed by atoms with E-state index in [4.69, 9.17) is 0 Å². The highest BCUT2D eigenvalue weighted by Crippen LogP contribution is 2.33. The van der Waals surface area contributed by atoms with E-state index in [9.17, 15) is 14.3 Å². The molecule has 1 amide bonds. The Morgan fingerprint density at radius 2 is 2.12 bits per heavy atom. The van der Waals surface area contributed by atoms with Gasteiger partial charge >= 0.3 is 0 Å². The van der Waals surface area contributed by atoms with Crippen LogP contribution in [0.4, 0.5) is 4.39 Å². The number of benzene rings is 1. The number of β-amino-alcohol motifs (C(OH)–C–C–N with tert-alkyl or cyclic N) is 1. The number of nitrogens with zero attached hydrogens (tertiary/aromatic N) is 2. The van der Waals surface area contributed by atoms with E-state index in [1.54, 1.807) is 29.4 Å². The van der Waals surface area contributed by atoms with Gasteiger partial charge in [-0.1, -0.05) is 12.1 Å². The molecule has 1 saturated heterocycles. The van der Waals surface area contributed by atoms with E-state index in [-0.39, 0.29) is 24.2 Å². The van der Waals surface area contributed by atoms with E-state index < -0.39 is 6.10 Å². The molecule has 0 spiro atoms. The Hall–Kier alpha value is -2.73.